The molecular formula is C12H14F2O2. The minimum absolute atomic E-state index is 0.0408. The van der Waals surface area contributed by atoms with Crippen LogP contribution < -0.4 is 0 Å². The molecule has 0 saturated carbocycles. The molecule has 1 rings (SSSR count). The molecule has 0 amide bonds. The summed E-state index contributed by atoms with van der Waals surface area (Å²) in [6, 6.07) is 3.00. The van der Waals surface area contributed by atoms with Gasteiger partial charge in [-0.15, -0.1) is 0 Å². The summed E-state index contributed by atoms with van der Waals surface area (Å²) in [7, 11) is 0. The van der Waals surface area contributed by atoms with Crippen LogP contribution in [0.15, 0.2) is 18.2 Å². The quantitative estimate of drug-likeness (QED) is 0.774. The minimum Gasteiger partial charge on any atom is -0.366 e. The molecule has 0 radical (unpaired) electrons. The van der Waals surface area contributed by atoms with Gasteiger partial charge < -0.3 is 4.74 Å². The van der Waals surface area contributed by atoms with E-state index in [0.29, 0.717) is 13.0 Å². The van der Waals surface area contributed by atoms with Crippen LogP contribution >= 0.6 is 0 Å². The number of hydrogen-bond acceptors (Lipinski definition) is 2. The molecule has 16 heavy (non-hydrogen) atoms. The number of benzene rings is 1. The Morgan fingerprint density at radius 1 is 1.44 bits per heavy atom. The first kappa shape index (κ1) is 12.8. The van der Waals surface area contributed by atoms with E-state index in [-0.39, 0.29) is 11.3 Å². The van der Waals surface area contributed by atoms with Crippen molar-refractivity contribution in [3.63, 3.8) is 0 Å². The lowest BCUT2D eigenvalue weighted by atomic mass is 10.1. The highest BCUT2D eigenvalue weighted by Crippen LogP contribution is 2.22. The summed E-state index contributed by atoms with van der Waals surface area (Å²) in [5, 5.41) is 0. The van der Waals surface area contributed by atoms with Crippen LogP contribution in [0.1, 0.15) is 31.9 Å². The third-order valence-electron chi connectivity index (χ3n) is 2.10. The maximum atomic E-state index is 13.4. The van der Waals surface area contributed by atoms with Crippen LogP contribution in [0.5, 0.6) is 0 Å². The Labute approximate surface area is 93.2 Å². The molecule has 0 spiro atoms. The second kappa shape index (κ2) is 5.70. The molecule has 2 nitrogen and oxygen atoms in total. The van der Waals surface area contributed by atoms with Crippen molar-refractivity contribution >= 4 is 5.78 Å². The van der Waals surface area contributed by atoms with Crippen LogP contribution in [0.25, 0.3) is 0 Å². The van der Waals surface area contributed by atoms with Gasteiger partial charge in [0.1, 0.15) is 17.7 Å². The molecule has 0 aliphatic carbocycles. The molecule has 0 N–H and O–H groups in total. The summed E-state index contributed by atoms with van der Waals surface area (Å²) in [5.41, 5.74) is -0.0408. The van der Waals surface area contributed by atoms with E-state index in [1.165, 1.54) is 6.92 Å². The maximum absolute atomic E-state index is 13.4. The predicted octanol–water partition coefficient (Wildman–Crippen LogP) is 3.02. The van der Waals surface area contributed by atoms with E-state index in [1.54, 1.807) is 0 Å². The van der Waals surface area contributed by atoms with Crippen LogP contribution in [0.3, 0.4) is 0 Å². The van der Waals surface area contributed by atoms with E-state index in [2.05, 4.69) is 0 Å². The fraction of sp³-hybridized carbons (Fsp3) is 0.417. The van der Waals surface area contributed by atoms with E-state index in [9.17, 15) is 13.6 Å². The third kappa shape index (κ3) is 3.10. The van der Waals surface area contributed by atoms with Crippen molar-refractivity contribution in [3.8, 4) is 0 Å². The number of carbonyl (C=O) groups is 1. The van der Waals surface area contributed by atoms with Gasteiger partial charge in [-0.3, -0.25) is 4.79 Å². The fourth-order valence-electron chi connectivity index (χ4n) is 1.38. The summed E-state index contributed by atoms with van der Waals surface area (Å²) >= 11 is 0. The number of ketones is 1. The van der Waals surface area contributed by atoms with Gasteiger partial charge in [0.05, 0.1) is 0 Å². The number of ether oxygens (including phenoxy) is 1. The molecule has 1 aromatic rings. The third-order valence-corrected chi connectivity index (χ3v) is 2.10. The summed E-state index contributed by atoms with van der Waals surface area (Å²) in [6.45, 7) is 3.50. The van der Waals surface area contributed by atoms with E-state index >= 15 is 0 Å². The normalized spacial score (nSPS) is 12.5. The SMILES string of the molecule is CCCOC(C(C)=O)c1cc(F)ccc1F. The summed E-state index contributed by atoms with van der Waals surface area (Å²) in [5.74, 6) is -1.54. The van der Waals surface area contributed by atoms with Crippen molar-refractivity contribution in [2.24, 2.45) is 0 Å². The van der Waals surface area contributed by atoms with Crippen molar-refractivity contribution in [3.05, 3.63) is 35.4 Å². The molecule has 0 bridgehead atoms. The second-order valence-corrected chi connectivity index (χ2v) is 3.53. The van der Waals surface area contributed by atoms with E-state index < -0.39 is 17.7 Å². The van der Waals surface area contributed by atoms with Gasteiger partial charge in [0, 0.05) is 12.2 Å². The Hall–Kier alpha value is -1.29. The maximum Gasteiger partial charge on any atom is 0.163 e. The Kier molecular flexibility index (Phi) is 4.55. The lowest BCUT2D eigenvalue weighted by Gasteiger charge is -2.15. The van der Waals surface area contributed by atoms with Crippen molar-refractivity contribution in [1.82, 2.24) is 0 Å². The van der Waals surface area contributed by atoms with Gasteiger partial charge in [-0.25, -0.2) is 8.78 Å². The topological polar surface area (TPSA) is 26.3 Å². The molecule has 0 aliphatic rings. The molecular weight excluding hydrogens is 214 g/mol. The van der Waals surface area contributed by atoms with E-state index in [0.717, 1.165) is 18.2 Å². The highest BCUT2D eigenvalue weighted by atomic mass is 19.1. The zero-order chi connectivity index (χ0) is 12.1. The fourth-order valence-corrected chi connectivity index (χ4v) is 1.38. The van der Waals surface area contributed by atoms with Gasteiger partial charge in [0.2, 0.25) is 0 Å². The molecule has 1 unspecified atom stereocenters. The van der Waals surface area contributed by atoms with Gasteiger partial charge in [0.15, 0.2) is 5.78 Å². The molecule has 0 saturated heterocycles. The zero-order valence-electron chi connectivity index (χ0n) is 9.30. The van der Waals surface area contributed by atoms with Crippen LogP contribution in [0.4, 0.5) is 8.78 Å². The summed E-state index contributed by atoms with van der Waals surface area (Å²) in [6.07, 6.45) is -0.309. The molecule has 0 aliphatic heterocycles. The Morgan fingerprint density at radius 2 is 2.12 bits per heavy atom. The van der Waals surface area contributed by atoms with Crippen molar-refractivity contribution in [1.29, 1.82) is 0 Å². The monoisotopic (exact) mass is 228 g/mol. The standard InChI is InChI=1S/C12H14F2O2/c1-3-6-16-12(8(2)15)10-7-9(13)4-5-11(10)14/h4-5,7,12H,3,6H2,1-2H3. The van der Waals surface area contributed by atoms with E-state index in [1.807, 2.05) is 6.92 Å². The number of carbonyl (C=O) groups excluding carboxylic acids is 1. The lowest BCUT2D eigenvalue weighted by molar-refractivity contribution is -0.129. The van der Waals surface area contributed by atoms with Crippen molar-refractivity contribution in [2.75, 3.05) is 6.61 Å². The lowest BCUT2D eigenvalue weighted by Crippen LogP contribution is -2.15. The van der Waals surface area contributed by atoms with Gasteiger partial charge in [-0.2, -0.15) is 0 Å². The van der Waals surface area contributed by atoms with Crippen LogP contribution in [0.2, 0.25) is 0 Å². The average Bonchev–Trinajstić information content (AvgIpc) is 2.23. The van der Waals surface area contributed by atoms with Crippen LogP contribution in [-0.4, -0.2) is 12.4 Å². The molecule has 0 aromatic heterocycles. The van der Waals surface area contributed by atoms with Crippen molar-refractivity contribution in [2.45, 2.75) is 26.4 Å². The van der Waals surface area contributed by atoms with Gasteiger partial charge >= 0.3 is 0 Å². The molecule has 4 heteroatoms. The van der Waals surface area contributed by atoms with Crippen LogP contribution in [0, 0.1) is 11.6 Å². The van der Waals surface area contributed by atoms with Gasteiger partial charge in [0.25, 0.3) is 0 Å². The Morgan fingerprint density at radius 3 is 2.69 bits per heavy atom. The second-order valence-electron chi connectivity index (χ2n) is 3.53. The largest absolute Gasteiger partial charge is 0.366 e. The highest BCUT2D eigenvalue weighted by Gasteiger charge is 2.21. The summed E-state index contributed by atoms with van der Waals surface area (Å²) in [4.78, 5) is 11.3. The number of rotatable bonds is 5. The molecule has 0 heterocycles. The van der Waals surface area contributed by atoms with Gasteiger partial charge in [-0.05, 0) is 31.5 Å². The van der Waals surface area contributed by atoms with Crippen molar-refractivity contribution < 1.29 is 18.3 Å². The van der Waals surface area contributed by atoms with Gasteiger partial charge in [-0.1, -0.05) is 6.92 Å². The zero-order valence-corrected chi connectivity index (χ0v) is 9.30. The minimum atomic E-state index is -1.02. The number of Topliss-reactive ketones (excluding diaryl/α,β-unsaturated/α-hetero) is 1. The molecule has 1 atom stereocenters. The van der Waals surface area contributed by atoms with E-state index in [4.69, 9.17) is 4.74 Å². The first-order valence-electron chi connectivity index (χ1n) is 5.13. The first-order valence-corrected chi connectivity index (χ1v) is 5.13. The Balaban J connectivity index is 3.00. The number of hydrogen-bond donors (Lipinski definition) is 0. The molecule has 88 valence electrons. The number of halogens is 2. The van der Waals surface area contributed by atoms with Crippen LogP contribution in [-0.2, 0) is 9.53 Å². The molecule has 1 aromatic carbocycles. The highest BCUT2D eigenvalue weighted by molar-refractivity contribution is 5.81. The Bertz CT molecular complexity index is 377. The average molecular weight is 228 g/mol. The summed E-state index contributed by atoms with van der Waals surface area (Å²) < 4.78 is 31.6. The molecule has 0 fully saturated rings. The first-order chi connectivity index (χ1) is 7.56. The smallest absolute Gasteiger partial charge is 0.163 e. The predicted molar refractivity (Wildman–Crippen MR) is 56.0 cm³/mol.